The highest BCUT2D eigenvalue weighted by Crippen LogP contribution is 2.33. The Balaban J connectivity index is 1.68. The van der Waals surface area contributed by atoms with Crippen molar-refractivity contribution in [2.45, 2.75) is 58.2 Å². The molecule has 1 saturated heterocycles. The number of ether oxygens (including phenoxy) is 1. The van der Waals surface area contributed by atoms with Gasteiger partial charge in [-0.25, -0.2) is 0 Å². The maximum atomic E-state index is 13.5. The van der Waals surface area contributed by atoms with E-state index in [4.69, 9.17) is 10.5 Å². The Morgan fingerprint density at radius 1 is 1.09 bits per heavy atom. The summed E-state index contributed by atoms with van der Waals surface area (Å²) in [7, 11) is 0. The van der Waals surface area contributed by atoms with Crippen molar-refractivity contribution in [3.05, 3.63) is 71.8 Å². The predicted molar refractivity (Wildman–Crippen MR) is 130 cm³/mol. The van der Waals surface area contributed by atoms with Gasteiger partial charge in [0.05, 0.1) is 18.8 Å². The number of nitrogens with two attached hydrogens (primary N) is 1. The van der Waals surface area contributed by atoms with Crippen molar-refractivity contribution < 1.29 is 14.3 Å². The summed E-state index contributed by atoms with van der Waals surface area (Å²) in [6.45, 7) is 7.30. The van der Waals surface area contributed by atoms with E-state index in [2.05, 4.69) is 36.5 Å². The second-order valence-electron chi connectivity index (χ2n) is 10.1. The van der Waals surface area contributed by atoms with Crippen molar-refractivity contribution >= 4 is 11.8 Å². The first kappa shape index (κ1) is 24.9. The fourth-order valence-electron chi connectivity index (χ4n) is 4.34. The molecule has 1 aliphatic rings. The fourth-order valence-corrected chi connectivity index (χ4v) is 4.34. The monoisotopic (exact) mass is 451 g/mol. The van der Waals surface area contributed by atoms with Gasteiger partial charge >= 0.3 is 0 Å². The number of rotatable bonds is 9. The molecule has 6 nitrogen and oxygen atoms in total. The molecule has 2 atom stereocenters. The maximum Gasteiger partial charge on any atom is 0.247 e. The van der Waals surface area contributed by atoms with Crippen LogP contribution in [0.1, 0.15) is 44.7 Å². The molecule has 0 aliphatic carbocycles. The van der Waals surface area contributed by atoms with E-state index in [0.29, 0.717) is 19.7 Å². The normalized spacial score (nSPS) is 19.7. The standard InChI is InChI=1S/C27H37N3O3/c1-26(2,28)25(32)29-23(19-33-18-22-13-8-5-9-14-22)24(31)30-16-10-15-27(3,20-30)17-21-11-6-4-7-12-21/h4-9,11-14,23H,10,15-20,28H2,1-3H3,(H,29,32)/t23-,27+/m1/s1. The largest absolute Gasteiger partial charge is 0.374 e. The third-order valence-corrected chi connectivity index (χ3v) is 6.15. The number of carbonyl (C=O) groups is 2. The van der Waals surface area contributed by atoms with Crippen LogP contribution in [0.25, 0.3) is 0 Å². The van der Waals surface area contributed by atoms with Crippen LogP contribution >= 0.6 is 0 Å². The van der Waals surface area contributed by atoms with Crippen LogP contribution in [0.4, 0.5) is 0 Å². The number of hydrogen-bond donors (Lipinski definition) is 2. The van der Waals surface area contributed by atoms with Crippen LogP contribution in [0.5, 0.6) is 0 Å². The Morgan fingerprint density at radius 3 is 2.30 bits per heavy atom. The molecule has 0 spiro atoms. The topological polar surface area (TPSA) is 84.7 Å². The van der Waals surface area contributed by atoms with E-state index in [0.717, 1.165) is 24.8 Å². The van der Waals surface area contributed by atoms with Crippen molar-refractivity contribution in [2.75, 3.05) is 19.7 Å². The summed E-state index contributed by atoms with van der Waals surface area (Å²) in [5.74, 6) is -0.479. The quantitative estimate of drug-likeness (QED) is 0.613. The van der Waals surface area contributed by atoms with E-state index >= 15 is 0 Å². The summed E-state index contributed by atoms with van der Waals surface area (Å²) in [5.41, 5.74) is 7.17. The number of piperidine rings is 1. The van der Waals surface area contributed by atoms with Gasteiger partial charge in [-0.05, 0) is 49.7 Å². The van der Waals surface area contributed by atoms with Crippen molar-refractivity contribution in [1.82, 2.24) is 10.2 Å². The minimum Gasteiger partial charge on any atom is -0.374 e. The summed E-state index contributed by atoms with van der Waals surface area (Å²) in [6.07, 6.45) is 2.90. The first-order valence-electron chi connectivity index (χ1n) is 11.7. The van der Waals surface area contributed by atoms with Gasteiger partial charge in [-0.1, -0.05) is 67.6 Å². The zero-order valence-electron chi connectivity index (χ0n) is 20.0. The van der Waals surface area contributed by atoms with E-state index in [1.807, 2.05) is 41.3 Å². The Bertz CT molecular complexity index is 911. The molecule has 2 aromatic rings. The van der Waals surface area contributed by atoms with Crippen molar-refractivity contribution in [1.29, 1.82) is 0 Å². The van der Waals surface area contributed by atoms with Gasteiger partial charge < -0.3 is 20.7 Å². The van der Waals surface area contributed by atoms with E-state index in [1.54, 1.807) is 13.8 Å². The minimum absolute atomic E-state index is 0.0120. The Labute approximate surface area is 197 Å². The van der Waals surface area contributed by atoms with E-state index in [-0.39, 0.29) is 23.8 Å². The van der Waals surface area contributed by atoms with E-state index in [1.165, 1.54) is 5.56 Å². The van der Waals surface area contributed by atoms with Crippen LogP contribution in [0.15, 0.2) is 60.7 Å². The van der Waals surface area contributed by atoms with Gasteiger partial charge in [-0.15, -0.1) is 0 Å². The zero-order chi connectivity index (χ0) is 23.9. The molecule has 33 heavy (non-hydrogen) atoms. The highest BCUT2D eigenvalue weighted by Gasteiger charge is 2.37. The molecule has 6 heteroatoms. The lowest BCUT2D eigenvalue weighted by Crippen LogP contribution is -2.59. The number of nitrogens with zero attached hydrogens (tertiary/aromatic N) is 1. The predicted octanol–water partition coefficient (Wildman–Crippen LogP) is 3.30. The summed E-state index contributed by atoms with van der Waals surface area (Å²) < 4.78 is 5.85. The zero-order valence-corrected chi connectivity index (χ0v) is 20.0. The van der Waals surface area contributed by atoms with E-state index < -0.39 is 11.6 Å². The minimum atomic E-state index is -1.08. The van der Waals surface area contributed by atoms with Crippen LogP contribution in [-0.4, -0.2) is 48.0 Å². The van der Waals surface area contributed by atoms with Gasteiger partial charge in [-0.3, -0.25) is 9.59 Å². The fraction of sp³-hybridized carbons (Fsp3) is 0.481. The molecule has 2 aromatic carbocycles. The van der Waals surface area contributed by atoms with Crippen LogP contribution in [0.2, 0.25) is 0 Å². The lowest BCUT2D eigenvalue weighted by molar-refractivity contribution is -0.142. The van der Waals surface area contributed by atoms with Crippen molar-refractivity contribution in [3.63, 3.8) is 0 Å². The smallest absolute Gasteiger partial charge is 0.247 e. The van der Waals surface area contributed by atoms with Gasteiger partial charge in [0.1, 0.15) is 6.04 Å². The summed E-state index contributed by atoms with van der Waals surface area (Å²) in [5, 5.41) is 2.84. The van der Waals surface area contributed by atoms with Crippen LogP contribution < -0.4 is 11.1 Å². The average Bonchev–Trinajstić information content (AvgIpc) is 2.78. The lowest BCUT2D eigenvalue weighted by atomic mass is 9.77. The summed E-state index contributed by atoms with van der Waals surface area (Å²) >= 11 is 0. The van der Waals surface area contributed by atoms with Gasteiger partial charge in [0.25, 0.3) is 0 Å². The average molecular weight is 452 g/mol. The molecule has 3 N–H and O–H groups in total. The van der Waals surface area contributed by atoms with Crippen LogP contribution in [0.3, 0.4) is 0 Å². The van der Waals surface area contributed by atoms with Crippen molar-refractivity contribution in [3.8, 4) is 0 Å². The lowest BCUT2D eigenvalue weighted by Gasteiger charge is -2.42. The highest BCUT2D eigenvalue weighted by molar-refractivity contribution is 5.91. The van der Waals surface area contributed by atoms with Gasteiger partial charge in [0.2, 0.25) is 11.8 Å². The second kappa shape index (κ2) is 10.9. The summed E-state index contributed by atoms with van der Waals surface area (Å²) in [4.78, 5) is 28.0. The molecule has 0 saturated carbocycles. The van der Waals surface area contributed by atoms with Crippen LogP contribution in [-0.2, 0) is 27.4 Å². The van der Waals surface area contributed by atoms with E-state index in [9.17, 15) is 9.59 Å². The molecule has 2 amide bonds. The summed E-state index contributed by atoms with van der Waals surface area (Å²) in [6, 6.07) is 19.4. The molecule has 1 fully saturated rings. The molecule has 1 aliphatic heterocycles. The molecular weight excluding hydrogens is 414 g/mol. The molecule has 1 heterocycles. The molecule has 0 bridgehead atoms. The molecular formula is C27H37N3O3. The second-order valence-corrected chi connectivity index (χ2v) is 10.1. The number of hydrogen-bond acceptors (Lipinski definition) is 4. The third-order valence-electron chi connectivity index (χ3n) is 6.15. The van der Waals surface area contributed by atoms with Gasteiger partial charge in [0, 0.05) is 13.1 Å². The highest BCUT2D eigenvalue weighted by atomic mass is 16.5. The number of carbonyl (C=O) groups excluding carboxylic acids is 2. The SMILES string of the molecule is CC(C)(N)C(=O)N[C@H](COCc1ccccc1)C(=O)N1CCC[C@@](C)(Cc2ccccc2)C1. The molecule has 178 valence electrons. The Kier molecular flexibility index (Phi) is 8.27. The maximum absolute atomic E-state index is 13.5. The molecule has 3 rings (SSSR count). The Morgan fingerprint density at radius 2 is 1.70 bits per heavy atom. The van der Waals surface area contributed by atoms with Crippen molar-refractivity contribution in [2.24, 2.45) is 11.1 Å². The number of nitrogens with one attached hydrogen (secondary N) is 1. The van der Waals surface area contributed by atoms with Gasteiger partial charge in [-0.2, -0.15) is 0 Å². The number of benzene rings is 2. The number of amides is 2. The van der Waals surface area contributed by atoms with Gasteiger partial charge in [0.15, 0.2) is 0 Å². The first-order valence-corrected chi connectivity index (χ1v) is 11.7. The Hall–Kier alpha value is -2.70. The molecule has 0 unspecified atom stereocenters. The molecule has 0 radical (unpaired) electrons. The molecule has 0 aromatic heterocycles. The number of likely N-dealkylation sites (tertiary alicyclic amines) is 1. The first-order chi connectivity index (χ1) is 15.7. The third kappa shape index (κ3) is 7.41. The van der Waals surface area contributed by atoms with Crippen LogP contribution in [0, 0.1) is 5.41 Å².